The first-order chi connectivity index (χ1) is 9.29. The SMILES string of the molecule is CCc1ccc(C(N)CC(C)(C)CC(=O)O)cc1CC. The summed E-state index contributed by atoms with van der Waals surface area (Å²) in [4.78, 5) is 10.9. The number of hydrogen-bond acceptors (Lipinski definition) is 2. The van der Waals surface area contributed by atoms with Gasteiger partial charge in [-0.05, 0) is 41.4 Å². The Hall–Kier alpha value is -1.35. The highest BCUT2D eigenvalue weighted by Crippen LogP contribution is 2.32. The zero-order valence-electron chi connectivity index (χ0n) is 13.1. The third-order valence-electron chi connectivity index (χ3n) is 3.82. The molecule has 0 radical (unpaired) electrons. The molecular formula is C17H27NO2. The molecular weight excluding hydrogens is 250 g/mol. The van der Waals surface area contributed by atoms with Gasteiger partial charge in [0, 0.05) is 6.04 Å². The number of hydrogen-bond donors (Lipinski definition) is 2. The topological polar surface area (TPSA) is 63.3 Å². The molecule has 1 unspecified atom stereocenters. The molecule has 20 heavy (non-hydrogen) atoms. The fourth-order valence-electron chi connectivity index (χ4n) is 2.75. The number of carbonyl (C=O) groups is 1. The van der Waals surface area contributed by atoms with E-state index >= 15 is 0 Å². The van der Waals surface area contributed by atoms with Gasteiger partial charge in [0.2, 0.25) is 0 Å². The summed E-state index contributed by atoms with van der Waals surface area (Å²) in [5.74, 6) is -0.766. The Morgan fingerprint density at radius 2 is 1.85 bits per heavy atom. The highest BCUT2D eigenvalue weighted by molar-refractivity contribution is 5.67. The molecule has 0 aliphatic carbocycles. The molecule has 0 spiro atoms. The molecule has 1 atom stereocenters. The fraction of sp³-hybridized carbons (Fsp3) is 0.588. The Balaban J connectivity index is 2.87. The fourth-order valence-corrected chi connectivity index (χ4v) is 2.75. The summed E-state index contributed by atoms with van der Waals surface area (Å²) in [5, 5.41) is 8.94. The number of carboxylic acid groups (broad SMARTS) is 1. The lowest BCUT2D eigenvalue weighted by Crippen LogP contribution is -2.24. The lowest BCUT2D eigenvalue weighted by atomic mass is 9.80. The van der Waals surface area contributed by atoms with Crippen LogP contribution in [0.3, 0.4) is 0 Å². The van der Waals surface area contributed by atoms with Gasteiger partial charge in [0.1, 0.15) is 0 Å². The number of rotatable bonds is 7. The van der Waals surface area contributed by atoms with Crippen LogP contribution in [-0.2, 0) is 17.6 Å². The van der Waals surface area contributed by atoms with Gasteiger partial charge in [-0.25, -0.2) is 0 Å². The van der Waals surface area contributed by atoms with Crippen LogP contribution in [0.25, 0.3) is 0 Å². The second-order valence-corrected chi connectivity index (χ2v) is 6.28. The van der Waals surface area contributed by atoms with E-state index in [0.29, 0.717) is 6.42 Å². The minimum atomic E-state index is -0.766. The van der Waals surface area contributed by atoms with Gasteiger partial charge in [-0.2, -0.15) is 0 Å². The highest BCUT2D eigenvalue weighted by atomic mass is 16.4. The molecule has 1 aromatic carbocycles. The van der Waals surface area contributed by atoms with E-state index in [-0.39, 0.29) is 17.9 Å². The van der Waals surface area contributed by atoms with Crippen molar-refractivity contribution >= 4 is 5.97 Å². The van der Waals surface area contributed by atoms with Gasteiger partial charge < -0.3 is 10.8 Å². The van der Waals surface area contributed by atoms with Crippen molar-refractivity contribution in [3.05, 3.63) is 34.9 Å². The van der Waals surface area contributed by atoms with Gasteiger partial charge in [-0.3, -0.25) is 4.79 Å². The van der Waals surface area contributed by atoms with E-state index in [1.165, 1.54) is 11.1 Å². The van der Waals surface area contributed by atoms with Crippen molar-refractivity contribution in [1.29, 1.82) is 0 Å². The van der Waals surface area contributed by atoms with Gasteiger partial charge in [-0.15, -0.1) is 0 Å². The maximum atomic E-state index is 10.9. The maximum absolute atomic E-state index is 10.9. The molecule has 0 amide bonds. The molecule has 0 aliphatic rings. The predicted octanol–water partition coefficient (Wildman–Crippen LogP) is 3.70. The molecule has 0 aliphatic heterocycles. The molecule has 0 heterocycles. The van der Waals surface area contributed by atoms with Crippen molar-refractivity contribution in [2.45, 2.75) is 59.4 Å². The van der Waals surface area contributed by atoms with Crippen molar-refractivity contribution in [2.75, 3.05) is 0 Å². The van der Waals surface area contributed by atoms with Gasteiger partial charge in [0.25, 0.3) is 0 Å². The third kappa shape index (κ3) is 4.64. The number of carboxylic acids is 1. The van der Waals surface area contributed by atoms with Crippen LogP contribution in [0.4, 0.5) is 0 Å². The zero-order valence-corrected chi connectivity index (χ0v) is 13.1. The average molecular weight is 277 g/mol. The Morgan fingerprint density at radius 3 is 2.35 bits per heavy atom. The summed E-state index contributed by atoms with van der Waals surface area (Å²) in [5.41, 5.74) is 9.81. The molecule has 112 valence electrons. The van der Waals surface area contributed by atoms with Gasteiger partial charge in [-0.1, -0.05) is 45.9 Å². The summed E-state index contributed by atoms with van der Waals surface area (Å²) in [7, 11) is 0. The maximum Gasteiger partial charge on any atom is 0.303 e. The van der Waals surface area contributed by atoms with Crippen LogP contribution < -0.4 is 5.73 Å². The second kappa shape index (κ2) is 6.89. The Bertz CT molecular complexity index is 466. The minimum Gasteiger partial charge on any atom is -0.481 e. The van der Waals surface area contributed by atoms with E-state index in [1.54, 1.807) is 0 Å². The molecule has 0 saturated carbocycles. The van der Waals surface area contributed by atoms with E-state index in [9.17, 15) is 4.79 Å². The lowest BCUT2D eigenvalue weighted by molar-refractivity contribution is -0.139. The van der Waals surface area contributed by atoms with Crippen LogP contribution in [-0.4, -0.2) is 11.1 Å². The van der Waals surface area contributed by atoms with Crippen LogP contribution in [0.2, 0.25) is 0 Å². The largest absolute Gasteiger partial charge is 0.481 e. The molecule has 1 aromatic rings. The molecule has 1 rings (SSSR count). The van der Waals surface area contributed by atoms with Crippen molar-refractivity contribution in [3.63, 3.8) is 0 Å². The zero-order chi connectivity index (χ0) is 15.3. The third-order valence-corrected chi connectivity index (χ3v) is 3.82. The molecule has 3 nitrogen and oxygen atoms in total. The molecule has 3 heteroatoms. The van der Waals surface area contributed by atoms with Gasteiger partial charge >= 0.3 is 5.97 Å². The Morgan fingerprint density at radius 1 is 1.25 bits per heavy atom. The van der Waals surface area contributed by atoms with Crippen LogP contribution in [0.5, 0.6) is 0 Å². The van der Waals surface area contributed by atoms with Gasteiger partial charge in [0.15, 0.2) is 0 Å². The lowest BCUT2D eigenvalue weighted by Gasteiger charge is -2.27. The average Bonchev–Trinajstić information content (AvgIpc) is 2.35. The van der Waals surface area contributed by atoms with Crippen molar-refractivity contribution in [3.8, 4) is 0 Å². The first kappa shape index (κ1) is 16.7. The highest BCUT2D eigenvalue weighted by Gasteiger charge is 2.25. The van der Waals surface area contributed by atoms with Crippen LogP contribution in [0.15, 0.2) is 18.2 Å². The van der Waals surface area contributed by atoms with Crippen molar-refractivity contribution in [1.82, 2.24) is 0 Å². The van der Waals surface area contributed by atoms with E-state index in [2.05, 4.69) is 32.0 Å². The summed E-state index contributed by atoms with van der Waals surface area (Å²) in [6.45, 7) is 8.23. The summed E-state index contributed by atoms with van der Waals surface area (Å²) in [6.07, 6.45) is 2.85. The van der Waals surface area contributed by atoms with Crippen LogP contribution >= 0.6 is 0 Å². The molecule has 0 aromatic heterocycles. The Kier molecular flexibility index (Phi) is 5.75. The molecule has 0 saturated heterocycles. The summed E-state index contributed by atoms with van der Waals surface area (Å²) in [6, 6.07) is 6.30. The molecule has 0 bridgehead atoms. The predicted molar refractivity (Wildman–Crippen MR) is 82.8 cm³/mol. The quantitative estimate of drug-likeness (QED) is 0.798. The number of aliphatic carboxylic acids is 1. The first-order valence-electron chi connectivity index (χ1n) is 7.38. The van der Waals surface area contributed by atoms with Crippen LogP contribution in [0, 0.1) is 5.41 Å². The number of aryl methyl sites for hydroxylation is 2. The van der Waals surface area contributed by atoms with Crippen molar-refractivity contribution in [2.24, 2.45) is 11.1 Å². The first-order valence-corrected chi connectivity index (χ1v) is 7.38. The smallest absolute Gasteiger partial charge is 0.303 e. The Labute approximate surface area is 122 Å². The standard InChI is InChI=1S/C17H27NO2/c1-5-12-7-8-14(9-13(12)6-2)15(18)10-17(3,4)11-16(19)20/h7-9,15H,5-6,10-11,18H2,1-4H3,(H,19,20). The second-order valence-electron chi connectivity index (χ2n) is 6.28. The van der Waals surface area contributed by atoms with E-state index < -0.39 is 5.97 Å². The van der Waals surface area contributed by atoms with E-state index in [4.69, 9.17) is 10.8 Å². The summed E-state index contributed by atoms with van der Waals surface area (Å²) < 4.78 is 0. The number of benzene rings is 1. The van der Waals surface area contributed by atoms with Crippen LogP contribution in [0.1, 0.15) is 63.3 Å². The number of nitrogens with two attached hydrogens (primary N) is 1. The van der Waals surface area contributed by atoms with Gasteiger partial charge in [0.05, 0.1) is 6.42 Å². The molecule has 3 N–H and O–H groups in total. The molecule has 0 fully saturated rings. The van der Waals surface area contributed by atoms with Crippen molar-refractivity contribution < 1.29 is 9.90 Å². The van der Waals surface area contributed by atoms with E-state index in [0.717, 1.165) is 18.4 Å². The summed E-state index contributed by atoms with van der Waals surface area (Å²) >= 11 is 0. The monoisotopic (exact) mass is 277 g/mol. The van der Waals surface area contributed by atoms with E-state index in [1.807, 2.05) is 13.8 Å². The normalized spacial score (nSPS) is 13.2. The minimum absolute atomic E-state index is 0.111.